The third-order valence-corrected chi connectivity index (χ3v) is 2.85. The Morgan fingerprint density at radius 3 is 2.94 bits per heavy atom. The zero-order chi connectivity index (χ0) is 12.3. The topological polar surface area (TPSA) is 50.4 Å². The summed E-state index contributed by atoms with van der Waals surface area (Å²) in [5.74, 6) is -0.0468. The lowest BCUT2D eigenvalue weighted by molar-refractivity contribution is -0.114. The minimum Gasteiger partial charge on any atom is -0.380 e. The molecule has 1 aromatic carbocycles. The average Bonchev–Trinajstić information content (AvgIpc) is 2.75. The van der Waals surface area contributed by atoms with Crippen LogP contribution in [0.25, 0.3) is 0 Å². The standard InChI is InChI=1S/C13H18N2O2/c1-9-3-4-11(7-13(9)14-10(2)16)15-12-5-6-17-8-12/h3-4,7,12,15H,5-6,8H2,1-2H3,(H,14,16). The number of hydrogen-bond acceptors (Lipinski definition) is 3. The van der Waals surface area contributed by atoms with E-state index >= 15 is 0 Å². The maximum absolute atomic E-state index is 11.1. The Kier molecular flexibility index (Phi) is 3.64. The molecule has 4 nitrogen and oxygen atoms in total. The molecule has 0 aliphatic carbocycles. The normalized spacial score (nSPS) is 19.1. The highest BCUT2D eigenvalue weighted by atomic mass is 16.5. The second kappa shape index (κ2) is 5.19. The number of benzene rings is 1. The fourth-order valence-corrected chi connectivity index (χ4v) is 1.92. The molecular formula is C13H18N2O2. The molecule has 0 radical (unpaired) electrons. The Bertz CT molecular complexity index is 412. The van der Waals surface area contributed by atoms with Gasteiger partial charge in [-0.05, 0) is 31.0 Å². The van der Waals surface area contributed by atoms with E-state index in [2.05, 4.69) is 10.6 Å². The smallest absolute Gasteiger partial charge is 0.221 e. The third-order valence-electron chi connectivity index (χ3n) is 2.85. The summed E-state index contributed by atoms with van der Waals surface area (Å²) in [6, 6.07) is 6.38. The first-order chi connectivity index (χ1) is 8.15. The van der Waals surface area contributed by atoms with Crippen LogP contribution in [0.15, 0.2) is 18.2 Å². The maximum Gasteiger partial charge on any atom is 0.221 e. The van der Waals surface area contributed by atoms with Crippen molar-refractivity contribution in [1.82, 2.24) is 0 Å². The lowest BCUT2D eigenvalue weighted by Crippen LogP contribution is -2.19. The van der Waals surface area contributed by atoms with Crippen molar-refractivity contribution in [3.05, 3.63) is 23.8 Å². The Morgan fingerprint density at radius 1 is 1.47 bits per heavy atom. The van der Waals surface area contributed by atoms with Crippen molar-refractivity contribution in [2.45, 2.75) is 26.3 Å². The summed E-state index contributed by atoms with van der Waals surface area (Å²) in [6.45, 7) is 5.07. The van der Waals surface area contributed by atoms with Crippen molar-refractivity contribution >= 4 is 17.3 Å². The van der Waals surface area contributed by atoms with Gasteiger partial charge in [0, 0.05) is 24.9 Å². The third kappa shape index (κ3) is 3.20. The lowest BCUT2D eigenvalue weighted by atomic mass is 10.1. The molecule has 1 aliphatic heterocycles. The zero-order valence-electron chi connectivity index (χ0n) is 10.2. The van der Waals surface area contributed by atoms with Gasteiger partial charge in [-0.2, -0.15) is 0 Å². The number of carbonyl (C=O) groups is 1. The van der Waals surface area contributed by atoms with Crippen LogP contribution in [0.4, 0.5) is 11.4 Å². The Balaban J connectivity index is 2.09. The number of anilines is 2. The molecule has 17 heavy (non-hydrogen) atoms. The Morgan fingerprint density at radius 2 is 2.29 bits per heavy atom. The highest BCUT2D eigenvalue weighted by molar-refractivity contribution is 5.90. The predicted molar refractivity (Wildman–Crippen MR) is 68.3 cm³/mol. The van der Waals surface area contributed by atoms with Crippen molar-refractivity contribution in [2.24, 2.45) is 0 Å². The Hall–Kier alpha value is -1.55. The first kappa shape index (κ1) is 11.9. The van der Waals surface area contributed by atoms with Gasteiger partial charge in [0.05, 0.1) is 12.6 Å². The molecule has 1 atom stereocenters. The minimum atomic E-state index is -0.0468. The van der Waals surface area contributed by atoms with Gasteiger partial charge in [-0.1, -0.05) is 6.07 Å². The molecule has 1 aromatic rings. The van der Waals surface area contributed by atoms with E-state index in [1.807, 2.05) is 25.1 Å². The molecule has 1 fully saturated rings. The van der Waals surface area contributed by atoms with Crippen molar-refractivity contribution in [3.8, 4) is 0 Å². The number of nitrogens with one attached hydrogen (secondary N) is 2. The highest BCUT2D eigenvalue weighted by Gasteiger charge is 2.15. The SMILES string of the molecule is CC(=O)Nc1cc(NC2CCOC2)ccc1C. The summed E-state index contributed by atoms with van der Waals surface area (Å²) >= 11 is 0. The van der Waals surface area contributed by atoms with Crippen LogP contribution in [-0.4, -0.2) is 25.2 Å². The van der Waals surface area contributed by atoms with E-state index in [4.69, 9.17) is 4.74 Å². The van der Waals surface area contributed by atoms with Crippen molar-refractivity contribution in [1.29, 1.82) is 0 Å². The van der Waals surface area contributed by atoms with Crippen molar-refractivity contribution in [3.63, 3.8) is 0 Å². The van der Waals surface area contributed by atoms with Gasteiger partial charge in [-0.3, -0.25) is 4.79 Å². The summed E-state index contributed by atoms with van der Waals surface area (Å²) in [5.41, 5.74) is 2.95. The summed E-state index contributed by atoms with van der Waals surface area (Å²) in [6.07, 6.45) is 1.03. The van der Waals surface area contributed by atoms with Gasteiger partial charge in [0.15, 0.2) is 0 Å². The molecule has 1 unspecified atom stereocenters. The molecule has 4 heteroatoms. The van der Waals surface area contributed by atoms with Crippen LogP contribution in [0, 0.1) is 6.92 Å². The monoisotopic (exact) mass is 234 g/mol. The second-order valence-corrected chi connectivity index (χ2v) is 4.42. The number of rotatable bonds is 3. The van der Waals surface area contributed by atoms with Crippen LogP contribution in [-0.2, 0) is 9.53 Å². The van der Waals surface area contributed by atoms with Crippen LogP contribution in [0.2, 0.25) is 0 Å². The molecule has 1 aliphatic rings. The molecule has 0 saturated carbocycles. The number of aryl methyl sites for hydroxylation is 1. The van der Waals surface area contributed by atoms with E-state index in [0.29, 0.717) is 6.04 Å². The predicted octanol–water partition coefficient (Wildman–Crippen LogP) is 2.15. The number of ether oxygens (including phenoxy) is 1. The molecule has 1 amide bonds. The summed E-state index contributed by atoms with van der Waals surface area (Å²) in [5, 5.41) is 6.23. The molecule has 2 N–H and O–H groups in total. The fraction of sp³-hybridized carbons (Fsp3) is 0.462. The molecule has 0 spiro atoms. The maximum atomic E-state index is 11.1. The molecule has 1 saturated heterocycles. The summed E-state index contributed by atoms with van der Waals surface area (Å²) < 4.78 is 5.32. The van der Waals surface area contributed by atoms with Gasteiger partial charge in [0.1, 0.15) is 0 Å². The van der Waals surface area contributed by atoms with Gasteiger partial charge in [-0.25, -0.2) is 0 Å². The highest BCUT2D eigenvalue weighted by Crippen LogP contribution is 2.22. The van der Waals surface area contributed by atoms with E-state index < -0.39 is 0 Å². The van der Waals surface area contributed by atoms with E-state index in [1.54, 1.807) is 0 Å². The Labute approximate surface area is 101 Å². The molecule has 0 aromatic heterocycles. The van der Waals surface area contributed by atoms with Crippen LogP contribution in [0.1, 0.15) is 18.9 Å². The lowest BCUT2D eigenvalue weighted by Gasteiger charge is -2.14. The van der Waals surface area contributed by atoms with E-state index in [1.165, 1.54) is 6.92 Å². The van der Waals surface area contributed by atoms with E-state index in [-0.39, 0.29) is 5.91 Å². The fourth-order valence-electron chi connectivity index (χ4n) is 1.92. The summed E-state index contributed by atoms with van der Waals surface area (Å²) in [7, 11) is 0. The van der Waals surface area contributed by atoms with Crippen molar-refractivity contribution in [2.75, 3.05) is 23.8 Å². The number of amides is 1. The number of hydrogen-bond donors (Lipinski definition) is 2. The minimum absolute atomic E-state index is 0.0468. The molecule has 0 bridgehead atoms. The quantitative estimate of drug-likeness (QED) is 0.842. The average molecular weight is 234 g/mol. The van der Waals surface area contributed by atoms with Crippen molar-refractivity contribution < 1.29 is 9.53 Å². The molecule has 2 rings (SSSR count). The van der Waals surface area contributed by atoms with Crippen LogP contribution >= 0.6 is 0 Å². The zero-order valence-corrected chi connectivity index (χ0v) is 10.2. The van der Waals surface area contributed by atoms with Gasteiger partial charge in [0.2, 0.25) is 5.91 Å². The van der Waals surface area contributed by atoms with E-state index in [9.17, 15) is 4.79 Å². The van der Waals surface area contributed by atoms with Crippen LogP contribution < -0.4 is 10.6 Å². The molecular weight excluding hydrogens is 216 g/mol. The first-order valence-electron chi connectivity index (χ1n) is 5.87. The van der Waals surface area contributed by atoms with Gasteiger partial charge in [0.25, 0.3) is 0 Å². The van der Waals surface area contributed by atoms with Crippen LogP contribution in [0.3, 0.4) is 0 Å². The van der Waals surface area contributed by atoms with Gasteiger partial charge >= 0.3 is 0 Å². The second-order valence-electron chi connectivity index (χ2n) is 4.42. The molecule has 92 valence electrons. The number of carbonyl (C=O) groups excluding carboxylic acids is 1. The molecule has 1 heterocycles. The van der Waals surface area contributed by atoms with Gasteiger partial charge in [-0.15, -0.1) is 0 Å². The van der Waals surface area contributed by atoms with Crippen LogP contribution in [0.5, 0.6) is 0 Å². The van der Waals surface area contributed by atoms with Gasteiger partial charge < -0.3 is 15.4 Å². The first-order valence-corrected chi connectivity index (χ1v) is 5.87. The summed E-state index contributed by atoms with van der Waals surface area (Å²) in [4.78, 5) is 11.1. The largest absolute Gasteiger partial charge is 0.380 e. The van der Waals surface area contributed by atoms with E-state index in [0.717, 1.165) is 36.6 Å².